The number of nitrogens with zero attached hydrogens (tertiary/aromatic N) is 4. The van der Waals surface area contributed by atoms with Crippen LogP contribution in [0.3, 0.4) is 0 Å². The molecule has 1 aromatic heterocycles. The largest absolute Gasteiger partial charge is 0.329 e. The van der Waals surface area contributed by atoms with E-state index in [1.54, 1.807) is 4.90 Å². The second kappa shape index (κ2) is 4.47. The van der Waals surface area contributed by atoms with Crippen molar-refractivity contribution in [3.8, 4) is 0 Å². The molecule has 1 atom stereocenters. The molecule has 2 aliphatic rings. The number of carbonyl (C=O) groups is 2. The molecule has 2 saturated heterocycles. The lowest BCUT2D eigenvalue weighted by atomic mass is 10.1. The molecule has 2 amide bonds. The van der Waals surface area contributed by atoms with E-state index in [0.717, 1.165) is 24.4 Å². The van der Waals surface area contributed by atoms with E-state index in [0.29, 0.717) is 16.6 Å². The zero-order valence-electron chi connectivity index (χ0n) is 9.50. The predicted molar refractivity (Wildman–Crippen MR) is 65.1 cm³/mol. The van der Waals surface area contributed by atoms with Crippen molar-refractivity contribution < 1.29 is 9.59 Å². The van der Waals surface area contributed by atoms with Crippen molar-refractivity contribution in [1.82, 2.24) is 19.4 Å². The van der Waals surface area contributed by atoms with Crippen molar-refractivity contribution >= 4 is 34.9 Å². The Morgan fingerprint density at radius 2 is 2.28 bits per heavy atom. The summed E-state index contributed by atoms with van der Waals surface area (Å²) in [5.41, 5.74) is 0.564. The third-order valence-corrected chi connectivity index (χ3v) is 4.33. The lowest BCUT2D eigenvalue weighted by Crippen LogP contribution is -2.56. The molecule has 0 aliphatic carbocycles. The molecule has 0 bridgehead atoms. The molecule has 0 saturated carbocycles. The van der Waals surface area contributed by atoms with Crippen molar-refractivity contribution in [3.05, 3.63) is 10.0 Å². The van der Waals surface area contributed by atoms with E-state index >= 15 is 0 Å². The first-order valence-corrected chi connectivity index (χ1v) is 6.87. The maximum atomic E-state index is 12.2. The van der Waals surface area contributed by atoms with E-state index in [4.69, 9.17) is 11.6 Å². The zero-order chi connectivity index (χ0) is 12.7. The molecule has 8 heteroatoms. The van der Waals surface area contributed by atoms with Crippen LogP contribution in [0.25, 0.3) is 0 Å². The minimum Gasteiger partial charge on any atom is -0.329 e. The van der Waals surface area contributed by atoms with Crippen LogP contribution >= 0.6 is 23.1 Å². The first-order chi connectivity index (χ1) is 8.66. The van der Waals surface area contributed by atoms with Gasteiger partial charge in [-0.3, -0.25) is 9.59 Å². The summed E-state index contributed by atoms with van der Waals surface area (Å²) in [5.74, 6) is 0.00702. The first kappa shape index (κ1) is 11.9. The lowest BCUT2D eigenvalue weighted by Gasteiger charge is -2.35. The van der Waals surface area contributed by atoms with Gasteiger partial charge in [-0.05, 0) is 12.8 Å². The Kier molecular flexibility index (Phi) is 2.95. The van der Waals surface area contributed by atoms with E-state index in [1.807, 2.05) is 0 Å². The van der Waals surface area contributed by atoms with E-state index in [2.05, 4.69) is 9.59 Å². The Hall–Kier alpha value is -1.21. The number of halogens is 1. The smallest absolute Gasteiger partial charge is 0.246 e. The number of fused-ring (bicyclic) bond motifs is 1. The minimum atomic E-state index is -0.281. The average Bonchev–Trinajstić information content (AvgIpc) is 2.96. The Labute approximate surface area is 113 Å². The molecule has 0 N–H and O–H groups in total. The molecule has 0 aromatic carbocycles. The van der Waals surface area contributed by atoms with E-state index < -0.39 is 0 Å². The molecule has 1 unspecified atom stereocenters. The number of amides is 2. The van der Waals surface area contributed by atoms with Gasteiger partial charge in [-0.15, -0.1) is 5.10 Å². The van der Waals surface area contributed by atoms with Gasteiger partial charge in [-0.2, -0.15) is 0 Å². The van der Waals surface area contributed by atoms with Gasteiger partial charge in [0.1, 0.15) is 22.6 Å². The summed E-state index contributed by atoms with van der Waals surface area (Å²) >= 11 is 7.00. The fourth-order valence-corrected chi connectivity index (χ4v) is 3.08. The van der Waals surface area contributed by atoms with Crippen molar-refractivity contribution in [2.24, 2.45) is 0 Å². The van der Waals surface area contributed by atoms with E-state index in [1.165, 1.54) is 4.90 Å². The molecule has 2 aliphatic heterocycles. The van der Waals surface area contributed by atoms with Crippen molar-refractivity contribution in [2.75, 3.05) is 13.1 Å². The second-order valence-electron chi connectivity index (χ2n) is 4.43. The van der Waals surface area contributed by atoms with Crippen LogP contribution in [0.2, 0.25) is 4.34 Å². The first-order valence-electron chi connectivity index (χ1n) is 5.72. The molecular formula is C10H11ClN4O2S. The maximum Gasteiger partial charge on any atom is 0.246 e. The van der Waals surface area contributed by atoms with Gasteiger partial charge in [-0.25, -0.2) is 0 Å². The molecule has 0 radical (unpaired) electrons. The summed E-state index contributed by atoms with van der Waals surface area (Å²) in [6.07, 6.45) is 1.65. The van der Waals surface area contributed by atoms with Crippen LogP contribution in [-0.2, 0) is 16.1 Å². The van der Waals surface area contributed by atoms with E-state index in [9.17, 15) is 9.59 Å². The van der Waals surface area contributed by atoms with Crippen LogP contribution < -0.4 is 0 Å². The number of aromatic nitrogens is 2. The molecule has 3 rings (SSSR count). The molecule has 1 aromatic rings. The fraction of sp³-hybridized carbons (Fsp3) is 0.600. The maximum absolute atomic E-state index is 12.2. The summed E-state index contributed by atoms with van der Waals surface area (Å²) in [6.45, 7) is 1.08. The Morgan fingerprint density at radius 1 is 1.44 bits per heavy atom. The van der Waals surface area contributed by atoms with Crippen LogP contribution in [0.15, 0.2) is 0 Å². The summed E-state index contributed by atoms with van der Waals surface area (Å²) in [7, 11) is 0. The fourth-order valence-electron chi connectivity index (χ4n) is 2.47. The number of rotatable bonds is 2. The van der Waals surface area contributed by atoms with Crippen LogP contribution in [0.1, 0.15) is 18.5 Å². The van der Waals surface area contributed by atoms with Crippen LogP contribution in [0, 0.1) is 0 Å². The third-order valence-electron chi connectivity index (χ3n) is 3.35. The highest BCUT2D eigenvalue weighted by Crippen LogP contribution is 2.26. The van der Waals surface area contributed by atoms with Gasteiger partial charge in [0.05, 0.1) is 6.54 Å². The molecule has 2 fully saturated rings. The highest BCUT2D eigenvalue weighted by atomic mass is 35.5. The number of hydrogen-bond acceptors (Lipinski definition) is 5. The summed E-state index contributed by atoms with van der Waals surface area (Å²) in [4.78, 5) is 27.4. The molecule has 6 nitrogen and oxygen atoms in total. The molecule has 0 spiro atoms. The number of hydrogen-bond donors (Lipinski definition) is 0. The topological polar surface area (TPSA) is 66.4 Å². The Bertz CT molecular complexity index is 506. The average molecular weight is 287 g/mol. The minimum absolute atomic E-state index is 0.00355. The van der Waals surface area contributed by atoms with Gasteiger partial charge < -0.3 is 9.80 Å². The number of piperazine rings is 1. The van der Waals surface area contributed by atoms with Crippen molar-refractivity contribution in [1.29, 1.82) is 0 Å². The van der Waals surface area contributed by atoms with Gasteiger partial charge >= 0.3 is 0 Å². The van der Waals surface area contributed by atoms with Crippen LogP contribution in [-0.4, -0.2) is 50.3 Å². The van der Waals surface area contributed by atoms with Crippen molar-refractivity contribution in [3.63, 3.8) is 0 Å². The lowest BCUT2D eigenvalue weighted by molar-refractivity contribution is -0.154. The normalized spacial score (nSPS) is 23.7. The third kappa shape index (κ3) is 1.87. The monoisotopic (exact) mass is 286 g/mol. The Morgan fingerprint density at radius 3 is 3.00 bits per heavy atom. The van der Waals surface area contributed by atoms with Gasteiger partial charge in [0.25, 0.3) is 0 Å². The molecule has 18 heavy (non-hydrogen) atoms. The zero-order valence-corrected chi connectivity index (χ0v) is 11.1. The second-order valence-corrected chi connectivity index (χ2v) is 5.79. The number of carbonyl (C=O) groups excluding carboxylic acids is 2. The SMILES string of the molecule is O=C1C2CCCN2C(=O)CN1Cc1nnsc1Cl. The Balaban J connectivity index is 1.79. The van der Waals surface area contributed by atoms with Crippen LogP contribution in [0.4, 0.5) is 0 Å². The highest BCUT2D eigenvalue weighted by Gasteiger charge is 2.42. The van der Waals surface area contributed by atoms with Gasteiger partial charge in [-0.1, -0.05) is 16.1 Å². The summed E-state index contributed by atoms with van der Waals surface area (Å²) in [6, 6.07) is -0.281. The summed E-state index contributed by atoms with van der Waals surface area (Å²) < 4.78 is 4.20. The van der Waals surface area contributed by atoms with E-state index in [-0.39, 0.29) is 30.9 Å². The van der Waals surface area contributed by atoms with Gasteiger partial charge in [0, 0.05) is 18.1 Å². The molecular weight excluding hydrogens is 276 g/mol. The highest BCUT2D eigenvalue weighted by molar-refractivity contribution is 7.10. The molecule has 3 heterocycles. The standard InChI is InChI=1S/C10H11ClN4O2S/c11-9-6(12-13-18-9)4-14-5-8(16)15-3-1-2-7(15)10(14)17/h7H,1-5H2. The van der Waals surface area contributed by atoms with Gasteiger partial charge in [0.15, 0.2) is 0 Å². The van der Waals surface area contributed by atoms with Crippen molar-refractivity contribution in [2.45, 2.75) is 25.4 Å². The quantitative estimate of drug-likeness (QED) is 0.795. The van der Waals surface area contributed by atoms with Crippen LogP contribution in [0.5, 0.6) is 0 Å². The summed E-state index contributed by atoms with van der Waals surface area (Å²) in [5, 5.41) is 3.87. The predicted octanol–water partition coefficient (Wildman–Crippen LogP) is 0.525. The van der Waals surface area contributed by atoms with Gasteiger partial charge in [0.2, 0.25) is 11.8 Å². The molecule has 96 valence electrons.